The fourth-order valence-corrected chi connectivity index (χ4v) is 4.10. The Labute approximate surface area is 154 Å². The van der Waals surface area contributed by atoms with Gasteiger partial charge in [0.15, 0.2) is 5.96 Å². The van der Waals surface area contributed by atoms with Crippen LogP contribution in [0.2, 0.25) is 0 Å². The van der Waals surface area contributed by atoms with Gasteiger partial charge in [-0.2, -0.15) is 0 Å². The molecule has 140 valence electrons. The highest BCUT2D eigenvalue weighted by Crippen LogP contribution is 2.46. The van der Waals surface area contributed by atoms with Gasteiger partial charge < -0.3 is 20.7 Å². The molecule has 1 aliphatic heterocycles. The van der Waals surface area contributed by atoms with Crippen molar-refractivity contribution in [3.8, 4) is 5.75 Å². The van der Waals surface area contributed by atoms with Gasteiger partial charge in [-0.25, -0.2) is 0 Å². The molecule has 1 spiro atoms. The zero-order valence-corrected chi connectivity index (χ0v) is 15.4. The number of rotatable bonds is 4. The topological polar surface area (TPSA) is 74.8 Å². The van der Waals surface area contributed by atoms with E-state index < -0.39 is 0 Å². The smallest absolute Gasteiger partial charge is 0.239 e. The van der Waals surface area contributed by atoms with E-state index in [0.717, 1.165) is 43.4 Å². The van der Waals surface area contributed by atoms with Crippen LogP contribution in [0.25, 0.3) is 0 Å². The maximum atomic E-state index is 11.9. The predicted octanol–water partition coefficient (Wildman–Crippen LogP) is 2.27. The Kier molecular flexibility index (Phi) is 4.74. The molecule has 0 saturated heterocycles. The highest BCUT2D eigenvalue weighted by molar-refractivity contribution is 5.86. The number of ether oxygens (including phenoxy) is 1. The van der Waals surface area contributed by atoms with Crippen LogP contribution in [-0.4, -0.2) is 37.1 Å². The summed E-state index contributed by atoms with van der Waals surface area (Å²) in [6.07, 6.45) is 7.79. The molecule has 0 aromatic heterocycles. The van der Waals surface area contributed by atoms with Crippen molar-refractivity contribution < 1.29 is 9.53 Å². The minimum absolute atomic E-state index is 0.0232. The Morgan fingerprint density at radius 1 is 1.23 bits per heavy atom. The summed E-state index contributed by atoms with van der Waals surface area (Å²) >= 11 is 0. The number of benzene rings is 1. The Balaban J connectivity index is 1.43. The average molecular weight is 356 g/mol. The second kappa shape index (κ2) is 7.17. The summed E-state index contributed by atoms with van der Waals surface area (Å²) in [6, 6.07) is 8.76. The summed E-state index contributed by atoms with van der Waals surface area (Å²) in [6.45, 7) is 0.242. The standard InChI is InChI=1S/C20H28N4O2/c1-21-19(22-13-18(25)23-14-8-9-14)24-16-12-20(10-4-5-11-20)26-17-7-3-2-6-15(16)17/h2-3,6-7,14,16H,4-5,8-13H2,1H3,(H,23,25)(H2,21,22,24). The van der Waals surface area contributed by atoms with Gasteiger partial charge in [-0.05, 0) is 44.6 Å². The lowest BCUT2D eigenvalue weighted by Crippen LogP contribution is -2.48. The maximum absolute atomic E-state index is 11.9. The largest absolute Gasteiger partial charge is 0.487 e. The molecule has 2 aliphatic carbocycles. The Morgan fingerprint density at radius 2 is 2.00 bits per heavy atom. The van der Waals surface area contributed by atoms with Gasteiger partial charge in [-0.3, -0.25) is 9.79 Å². The van der Waals surface area contributed by atoms with Crippen LogP contribution in [-0.2, 0) is 4.79 Å². The van der Waals surface area contributed by atoms with Crippen LogP contribution >= 0.6 is 0 Å². The third-order valence-electron chi connectivity index (χ3n) is 5.61. The number of carbonyl (C=O) groups excluding carboxylic acids is 1. The number of carbonyl (C=O) groups is 1. The molecule has 26 heavy (non-hydrogen) atoms. The molecule has 1 aromatic rings. The molecule has 2 saturated carbocycles. The number of guanidine groups is 1. The molecule has 3 aliphatic rings. The van der Waals surface area contributed by atoms with Crippen LogP contribution < -0.4 is 20.7 Å². The molecule has 6 heteroatoms. The van der Waals surface area contributed by atoms with Gasteiger partial charge >= 0.3 is 0 Å². The molecule has 4 rings (SSSR count). The first kappa shape index (κ1) is 17.2. The molecule has 1 amide bonds. The number of aliphatic imine (C=N–C) groups is 1. The summed E-state index contributed by atoms with van der Waals surface area (Å²) in [4.78, 5) is 16.2. The van der Waals surface area contributed by atoms with Crippen molar-refractivity contribution in [3.63, 3.8) is 0 Å². The first-order valence-corrected chi connectivity index (χ1v) is 9.72. The molecule has 1 atom stereocenters. The summed E-state index contributed by atoms with van der Waals surface area (Å²) in [5.74, 6) is 1.65. The molecule has 0 radical (unpaired) electrons. The first-order chi connectivity index (χ1) is 12.7. The van der Waals surface area contributed by atoms with Crippen LogP contribution in [0.1, 0.15) is 56.6 Å². The van der Waals surface area contributed by atoms with Gasteiger partial charge in [0.05, 0.1) is 12.6 Å². The van der Waals surface area contributed by atoms with E-state index in [1.54, 1.807) is 7.05 Å². The fourth-order valence-electron chi connectivity index (χ4n) is 4.10. The van der Waals surface area contributed by atoms with Crippen molar-refractivity contribution in [1.82, 2.24) is 16.0 Å². The van der Waals surface area contributed by atoms with Gasteiger partial charge in [0.2, 0.25) is 5.91 Å². The highest BCUT2D eigenvalue weighted by Gasteiger charge is 2.43. The average Bonchev–Trinajstić information content (AvgIpc) is 3.36. The van der Waals surface area contributed by atoms with E-state index in [1.165, 1.54) is 12.8 Å². The van der Waals surface area contributed by atoms with E-state index in [4.69, 9.17) is 4.74 Å². The van der Waals surface area contributed by atoms with Gasteiger partial charge in [-0.15, -0.1) is 0 Å². The number of nitrogens with one attached hydrogen (secondary N) is 3. The number of nitrogens with zero attached hydrogens (tertiary/aromatic N) is 1. The third kappa shape index (κ3) is 3.79. The molecule has 6 nitrogen and oxygen atoms in total. The Bertz CT molecular complexity index is 693. The normalized spacial score (nSPS) is 23.9. The molecule has 1 unspecified atom stereocenters. The molecule has 3 N–H and O–H groups in total. The van der Waals surface area contributed by atoms with Gasteiger partial charge in [0.25, 0.3) is 0 Å². The molecular formula is C20H28N4O2. The second-order valence-corrected chi connectivity index (χ2v) is 7.70. The summed E-state index contributed by atoms with van der Waals surface area (Å²) in [5.41, 5.74) is 1.10. The lowest BCUT2D eigenvalue weighted by molar-refractivity contribution is -0.120. The van der Waals surface area contributed by atoms with E-state index in [9.17, 15) is 4.79 Å². The van der Waals surface area contributed by atoms with Crippen molar-refractivity contribution >= 4 is 11.9 Å². The zero-order chi connectivity index (χ0) is 18.0. The van der Waals surface area contributed by atoms with Crippen LogP contribution in [0.4, 0.5) is 0 Å². The summed E-state index contributed by atoms with van der Waals surface area (Å²) in [7, 11) is 1.74. The Hall–Kier alpha value is -2.24. The molecule has 0 bridgehead atoms. The summed E-state index contributed by atoms with van der Waals surface area (Å²) < 4.78 is 6.41. The maximum Gasteiger partial charge on any atom is 0.239 e. The number of hydrogen-bond donors (Lipinski definition) is 3. The van der Waals surface area contributed by atoms with Crippen LogP contribution in [0, 0.1) is 0 Å². The van der Waals surface area contributed by atoms with Gasteiger partial charge in [0, 0.05) is 25.1 Å². The van der Waals surface area contributed by atoms with Crippen molar-refractivity contribution in [3.05, 3.63) is 29.8 Å². The van der Waals surface area contributed by atoms with E-state index in [0.29, 0.717) is 12.0 Å². The van der Waals surface area contributed by atoms with Crippen molar-refractivity contribution in [2.75, 3.05) is 13.6 Å². The zero-order valence-electron chi connectivity index (χ0n) is 15.4. The van der Waals surface area contributed by atoms with Crippen LogP contribution in [0.15, 0.2) is 29.3 Å². The lowest BCUT2D eigenvalue weighted by Gasteiger charge is -2.40. The van der Waals surface area contributed by atoms with Crippen LogP contribution in [0.5, 0.6) is 5.75 Å². The van der Waals surface area contributed by atoms with Gasteiger partial charge in [0.1, 0.15) is 11.4 Å². The quantitative estimate of drug-likeness (QED) is 0.571. The van der Waals surface area contributed by atoms with E-state index in [2.05, 4.69) is 33.1 Å². The molecule has 1 heterocycles. The number of para-hydroxylation sites is 1. The first-order valence-electron chi connectivity index (χ1n) is 9.72. The summed E-state index contributed by atoms with van der Waals surface area (Å²) in [5, 5.41) is 9.65. The molecule has 2 fully saturated rings. The minimum atomic E-state index is -0.0613. The number of fused-ring (bicyclic) bond motifs is 1. The molecular weight excluding hydrogens is 328 g/mol. The van der Waals surface area contributed by atoms with E-state index in [1.807, 2.05) is 12.1 Å². The van der Waals surface area contributed by atoms with Crippen molar-refractivity contribution in [1.29, 1.82) is 0 Å². The van der Waals surface area contributed by atoms with Crippen molar-refractivity contribution in [2.24, 2.45) is 4.99 Å². The Morgan fingerprint density at radius 3 is 2.73 bits per heavy atom. The van der Waals surface area contributed by atoms with Crippen LogP contribution in [0.3, 0.4) is 0 Å². The second-order valence-electron chi connectivity index (χ2n) is 7.70. The number of amides is 1. The highest BCUT2D eigenvalue weighted by atomic mass is 16.5. The van der Waals surface area contributed by atoms with Crippen molar-refractivity contribution in [2.45, 2.75) is 62.6 Å². The SMILES string of the molecule is CN=C(NCC(=O)NC1CC1)NC1CC2(CCCC2)Oc2ccccc21. The minimum Gasteiger partial charge on any atom is -0.487 e. The van der Waals surface area contributed by atoms with Gasteiger partial charge in [-0.1, -0.05) is 18.2 Å². The monoisotopic (exact) mass is 356 g/mol. The van der Waals surface area contributed by atoms with E-state index >= 15 is 0 Å². The third-order valence-corrected chi connectivity index (χ3v) is 5.61. The predicted molar refractivity (Wildman–Crippen MR) is 101 cm³/mol. The molecule has 1 aromatic carbocycles. The fraction of sp³-hybridized carbons (Fsp3) is 0.600. The number of hydrogen-bond acceptors (Lipinski definition) is 3. The van der Waals surface area contributed by atoms with E-state index in [-0.39, 0.29) is 24.1 Å². The lowest BCUT2D eigenvalue weighted by atomic mass is 9.86.